The molecule has 12 heteroatoms. The number of hydrogen-bond donors (Lipinski definition) is 6. The molecule has 12 nitrogen and oxygen atoms in total. The lowest BCUT2D eigenvalue weighted by Crippen LogP contribution is -2.21. The first kappa shape index (κ1) is 28.7. The molecule has 0 amide bonds. The average molecular weight is 519 g/mol. The van der Waals surface area contributed by atoms with Crippen LogP contribution in [0.25, 0.3) is 0 Å². The van der Waals surface area contributed by atoms with Gasteiger partial charge in [0.15, 0.2) is 0 Å². The molecule has 6 rings (SSSR count). The van der Waals surface area contributed by atoms with E-state index in [0.717, 1.165) is 57.8 Å². The number of epoxide rings is 3. The van der Waals surface area contributed by atoms with Crippen molar-refractivity contribution in [2.24, 2.45) is 17.8 Å². The molecule has 3 saturated heterocycles. The van der Waals surface area contributed by atoms with Crippen molar-refractivity contribution in [1.82, 2.24) is 0 Å². The molecule has 3 aliphatic heterocycles. The third-order valence-corrected chi connectivity index (χ3v) is 7.48. The van der Waals surface area contributed by atoms with Gasteiger partial charge in [-0.15, -0.1) is 0 Å². The van der Waals surface area contributed by atoms with Crippen molar-refractivity contribution in [2.75, 3.05) is 13.2 Å². The van der Waals surface area contributed by atoms with Gasteiger partial charge in [0.1, 0.15) is 6.10 Å². The molecule has 0 aromatic carbocycles. The van der Waals surface area contributed by atoms with E-state index >= 15 is 0 Å². The van der Waals surface area contributed by atoms with Crippen LogP contribution < -0.4 is 0 Å². The Balaban J connectivity index is 0.000000136. The first-order chi connectivity index (χ1) is 17.1. The number of carboxylic acids is 3. The van der Waals surface area contributed by atoms with Crippen LogP contribution in [0.4, 0.5) is 0 Å². The zero-order valence-corrected chi connectivity index (χ0v) is 20.2. The number of carbonyl (C=O) groups is 3. The highest BCUT2D eigenvalue weighted by Gasteiger charge is 2.47. The minimum atomic E-state index is -0.954. The molecule has 9 unspecified atom stereocenters. The van der Waals surface area contributed by atoms with Crippen molar-refractivity contribution < 1.29 is 59.2 Å². The third kappa shape index (κ3) is 8.93. The first-order valence-electron chi connectivity index (χ1n) is 12.7. The Hall–Kier alpha value is -1.83. The van der Waals surface area contributed by atoms with Crippen molar-refractivity contribution in [1.29, 1.82) is 0 Å². The Kier molecular flexibility index (Phi) is 10.5. The molecular formula is C24H38O12. The van der Waals surface area contributed by atoms with Crippen LogP contribution in [0.1, 0.15) is 57.8 Å². The van der Waals surface area contributed by atoms with E-state index in [9.17, 15) is 14.4 Å². The molecule has 3 aliphatic carbocycles. The van der Waals surface area contributed by atoms with Crippen LogP contribution >= 0.6 is 0 Å². The quantitative estimate of drug-likeness (QED) is 0.270. The van der Waals surface area contributed by atoms with E-state index in [-0.39, 0.29) is 49.3 Å². The fourth-order valence-corrected chi connectivity index (χ4v) is 4.94. The van der Waals surface area contributed by atoms with Gasteiger partial charge in [-0.05, 0) is 57.8 Å². The Labute approximate surface area is 209 Å². The van der Waals surface area contributed by atoms with Gasteiger partial charge in [0.25, 0.3) is 0 Å². The van der Waals surface area contributed by atoms with E-state index in [4.69, 9.17) is 44.8 Å². The number of aliphatic carboxylic acids is 3. The number of ether oxygens (including phenoxy) is 3. The number of carboxylic acid groups (broad SMARTS) is 3. The maximum atomic E-state index is 10.5. The van der Waals surface area contributed by atoms with Crippen molar-refractivity contribution in [3.05, 3.63) is 0 Å². The van der Waals surface area contributed by atoms with Crippen molar-refractivity contribution >= 4 is 17.9 Å². The Morgan fingerprint density at radius 1 is 0.556 bits per heavy atom. The van der Waals surface area contributed by atoms with Gasteiger partial charge >= 0.3 is 17.9 Å². The van der Waals surface area contributed by atoms with Gasteiger partial charge in [0.2, 0.25) is 0 Å². The monoisotopic (exact) mass is 518 g/mol. The van der Waals surface area contributed by atoms with Crippen molar-refractivity contribution in [3.8, 4) is 0 Å². The molecule has 9 atom stereocenters. The van der Waals surface area contributed by atoms with E-state index in [1.54, 1.807) is 0 Å². The van der Waals surface area contributed by atoms with Crippen molar-refractivity contribution in [3.63, 3.8) is 0 Å². The predicted molar refractivity (Wildman–Crippen MR) is 121 cm³/mol. The van der Waals surface area contributed by atoms with E-state index < -0.39 is 24.0 Å². The molecular weight excluding hydrogens is 480 g/mol. The molecule has 0 spiro atoms. The van der Waals surface area contributed by atoms with Gasteiger partial charge in [0.05, 0.1) is 67.6 Å². The van der Waals surface area contributed by atoms with Gasteiger partial charge in [-0.1, -0.05) is 0 Å². The van der Waals surface area contributed by atoms with E-state index in [1.165, 1.54) is 0 Å². The summed E-state index contributed by atoms with van der Waals surface area (Å²) in [7, 11) is 0. The fourth-order valence-electron chi connectivity index (χ4n) is 4.94. The second-order valence-electron chi connectivity index (χ2n) is 10.2. The summed E-state index contributed by atoms with van der Waals surface area (Å²) in [4.78, 5) is 31.4. The van der Waals surface area contributed by atoms with Crippen LogP contribution in [-0.4, -0.2) is 104 Å². The molecule has 6 N–H and O–H groups in total. The number of fused-ring (bicyclic) bond motifs is 3. The summed E-state index contributed by atoms with van der Waals surface area (Å²) in [5.41, 5.74) is 0. The van der Waals surface area contributed by atoms with Crippen LogP contribution in [-0.2, 0) is 28.6 Å². The minimum Gasteiger partial charge on any atom is -0.481 e. The summed E-state index contributed by atoms with van der Waals surface area (Å²) in [6.07, 6.45) is 8.60. The van der Waals surface area contributed by atoms with Gasteiger partial charge in [-0.3, -0.25) is 14.4 Å². The highest BCUT2D eigenvalue weighted by molar-refractivity contribution is 5.71. The lowest BCUT2D eigenvalue weighted by Gasteiger charge is -2.12. The zero-order valence-electron chi connectivity index (χ0n) is 20.2. The topological polar surface area (TPSA) is 210 Å². The number of aliphatic hydroxyl groups is 3. The SMILES string of the molecule is O=C(O)C1CCC2OC2C1.O=C(O)C1CCC2OC2C1.O=C(O)C1CCC2OC2C1.OCC(O)CO. The highest BCUT2D eigenvalue weighted by Crippen LogP contribution is 2.40. The molecule has 206 valence electrons. The summed E-state index contributed by atoms with van der Waals surface area (Å²) in [6, 6.07) is 0. The summed E-state index contributed by atoms with van der Waals surface area (Å²) in [5, 5.41) is 49.9. The third-order valence-electron chi connectivity index (χ3n) is 7.48. The summed E-state index contributed by atoms with van der Waals surface area (Å²) >= 11 is 0. The molecule has 3 heterocycles. The fraction of sp³-hybridized carbons (Fsp3) is 0.875. The summed E-state index contributed by atoms with van der Waals surface area (Å²) in [5.74, 6) is -2.38. The Bertz CT molecular complexity index is 665. The lowest BCUT2D eigenvalue weighted by molar-refractivity contribution is -0.143. The molecule has 0 aromatic rings. The van der Waals surface area contributed by atoms with Crippen molar-refractivity contribution in [2.45, 2.75) is 101 Å². The maximum absolute atomic E-state index is 10.5. The first-order valence-corrected chi connectivity index (χ1v) is 12.7. The molecule has 0 bridgehead atoms. The number of hydrogen-bond acceptors (Lipinski definition) is 9. The van der Waals surface area contributed by atoms with Gasteiger partial charge in [0, 0.05) is 0 Å². The predicted octanol–water partition coefficient (Wildman–Crippen LogP) is 0.247. The van der Waals surface area contributed by atoms with Crippen LogP contribution in [0.5, 0.6) is 0 Å². The molecule has 3 saturated carbocycles. The van der Waals surface area contributed by atoms with E-state index in [0.29, 0.717) is 18.3 Å². The van der Waals surface area contributed by atoms with Crippen LogP contribution in [0.3, 0.4) is 0 Å². The van der Waals surface area contributed by atoms with Gasteiger partial charge in [-0.25, -0.2) is 0 Å². The Morgan fingerprint density at radius 3 is 1.00 bits per heavy atom. The van der Waals surface area contributed by atoms with Crippen LogP contribution in [0, 0.1) is 17.8 Å². The van der Waals surface area contributed by atoms with Gasteiger partial charge < -0.3 is 44.8 Å². The van der Waals surface area contributed by atoms with E-state index in [2.05, 4.69) is 0 Å². The molecule has 36 heavy (non-hydrogen) atoms. The van der Waals surface area contributed by atoms with E-state index in [1.807, 2.05) is 0 Å². The molecule has 0 aromatic heterocycles. The van der Waals surface area contributed by atoms with Crippen LogP contribution in [0.15, 0.2) is 0 Å². The number of rotatable bonds is 5. The Morgan fingerprint density at radius 2 is 0.833 bits per heavy atom. The minimum absolute atomic E-state index is 0.135. The summed E-state index contributed by atoms with van der Waals surface area (Å²) in [6.45, 7) is -0.729. The summed E-state index contributed by atoms with van der Waals surface area (Å²) < 4.78 is 15.6. The van der Waals surface area contributed by atoms with Gasteiger partial charge in [-0.2, -0.15) is 0 Å². The maximum Gasteiger partial charge on any atom is 0.306 e. The number of aliphatic hydroxyl groups excluding tert-OH is 3. The molecule has 6 aliphatic rings. The molecule has 0 radical (unpaired) electrons. The second kappa shape index (κ2) is 13.1. The van der Waals surface area contributed by atoms with Crippen LogP contribution in [0.2, 0.25) is 0 Å². The molecule has 6 fully saturated rings. The average Bonchev–Trinajstić information content (AvgIpc) is 3.76. The zero-order chi connectivity index (χ0) is 26.4. The lowest BCUT2D eigenvalue weighted by atomic mass is 9.90. The highest BCUT2D eigenvalue weighted by atomic mass is 16.6. The largest absolute Gasteiger partial charge is 0.481 e. The smallest absolute Gasteiger partial charge is 0.306 e. The second-order valence-corrected chi connectivity index (χ2v) is 10.2. The normalized spacial score (nSPS) is 38.5. The standard InChI is InChI=1S/3C7H10O3.C3H8O3/c3*8-7(9)4-1-2-5-6(3-4)10-5;4-1-3(6)2-5/h3*4-6H,1-3H2,(H,8,9);3-6H,1-2H2.